The molecule has 0 bridgehead atoms. The molecule has 0 saturated heterocycles. The van der Waals surface area contributed by atoms with E-state index >= 15 is 0 Å². The fourth-order valence-electron chi connectivity index (χ4n) is 2.08. The third-order valence-corrected chi connectivity index (χ3v) is 4.79. The third-order valence-electron chi connectivity index (χ3n) is 3.38. The van der Waals surface area contributed by atoms with E-state index in [0.29, 0.717) is 11.3 Å². The molecule has 3 N–H and O–H groups in total. The van der Waals surface area contributed by atoms with E-state index in [-0.39, 0.29) is 24.6 Å². The van der Waals surface area contributed by atoms with Gasteiger partial charge in [-0.2, -0.15) is 0 Å². The van der Waals surface area contributed by atoms with Gasteiger partial charge in [-0.05, 0) is 36.9 Å². The van der Waals surface area contributed by atoms with E-state index in [1.54, 1.807) is 18.2 Å². The number of carbonyl (C=O) groups excluding carboxylic acids is 1. The van der Waals surface area contributed by atoms with Gasteiger partial charge in [-0.3, -0.25) is 0 Å². The van der Waals surface area contributed by atoms with Crippen molar-refractivity contribution in [2.45, 2.75) is 11.4 Å². The number of sulfonamides is 1. The second-order valence-corrected chi connectivity index (χ2v) is 7.16. The van der Waals surface area contributed by atoms with Gasteiger partial charge < -0.3 is 15.4 Å². The first-order chi connectivity index (χ1) is 12.4. The molecule has 0 radical (unpaired) electrons. The summed E-state index contributed by atoms with van der Waals surface area (Å²) in [5, 5.41) is 5.22. The minimum atomic E-state index is -3.53. The van der Waals surface area contributed by atoms with Crippen LogP contribution in [0.25, 0.3) is 0 Å². The molecule has 0 heterocycles. The lowest BCUT2D eigenvalue weighted by Gasteiger charge is -2.10. The van der Waals surface area contributed by atoms with Gasteiger partial charge in [0.1, 0.15) is 18.2 Å². The summed E-state index contributed by atoms with van der Waals surface area (Å²) in [6.45, 7) is 0.590. The number of rotatable bonds is 8. The molecule has 0 saturated carbocycles. The number of benzene rings is 2. The van der Waals surface area contributed by atoms with Crippen molar-refractivity contribution in [2.75, 3.05) is 20.2 Å². The van der Waals surface area contributed by atoms with Gasteiger partial charge in [-0.1, -0.05) is 18.2 Å². The highest BCUT2D eigenvalue weighted by atomic mass is 32.2. The van der Waals surface area contributed by atoms with Crippen molar-refractivity contribution in [3.63, 3.8) is 0 Å². The summed E-state index contributed by atoms with van der Waals surface area (Å²) in [6.07, 6.45) is 0. The quantitative estimate of drug-likeness (QED) is 0.606. The van der Waals surface area contributed by atoms with E-state index in [1.807, 2.05) is 0 Å². The smallest absolute Gasteiger partial charge is 0.315 e. The first-order valence-electron chi connectivity index (χ1n) is 7.83. The molecule has 0 unspecified atom stereocenters. The minimum Gasteiger partial charge on any atom is -0.492 e. The largest absolute Gasteiger partial charge is 0.492 e. The van der Waals surface area contributed by atoms with Crippen LogP contribution in [0.15, 0.2) is 53.4 Å². The van der Waals surface area contributed by atoms with Crippen LogP contribution < -0.4 is 20.1 Å². The maximum atomic E-state index is 13.0. The topological polar surface area (TPSA) is 96.5 Å². The average molecular weight is 381 g/mol. The predicted molar refractivity (Wildman–Crippen MR) is 94.8 cm³/mol. The first-order valence-corrected chi connectivity index (χ1v) is 9.31. The summed E-state index contributed by atoms with van der Waals surface area (Å²) in [7, 11) is -2.19. The number of urea groups is 1. The molecule has 7 nitrogen and oxygen atoms in total. The molecule has 26 heavy (non-hydrogen) atoms. The SMILES string of the molecule is CNS(=O)(=O)c1cccc(CNC(=O)NCCOc2cccc(F)c2)c1. The van der Waals surface area contributed by atoms with Crippen molar-refractivity contribution in [3.8, 4) is 5.75 Å². The number of ether oxygens (including phenoxy) is 1. The summed E-state index contributed by atoms with van der Waals surface area (Å²) >= 11 is 0. The number of amides is 2. The Bertz CT molecular complexity index is 859. The average Bonchev–Trinajstić information content (AvgIpc) is 2.64. The van der Waals surface area contributed by atoms with Gasteiger partial charge >= 0.3 is 6.03 Å². The van der Waals surface area contributed by atoms with E-state index < -0.39 is 21.9 Å². The molecule has 0 aromatic heterocycles. The van der Waals surface area contributed by atoms with E-state index in [2.05, 4.69) is 15.4 Å². The predicted octanol–water partition coefficient (Wildman–Crippen LogP) is 1.61. The molecule has 2 amide bonds. The Morgan fingerprint density at radius 3 is 2.62 bits per heavy atom. The van der Waals surface area contributed by atoms with E-state index in [1.165, 1.54) is 37.4 Å². The van der Waals surface area contributed by atoms with Crippen molar-refractivity contribution >= 4 is 16.1 Å². The lowest BCUT2D eigenvalue weighted by molar-refractivity contribution is 0.236. The third kappa shape index (κ3) is 6.01. The van der Waals surface area contributed by atoms with Gasteiger partial charge in [-0.15, -0.1) is 0 Å². The highest BCUT2D eigenvalue weighted by Crippen LogP contribution is 2.12. The lowest BCUT2D eigenvalue weighted by Crippen LogP contribution is -2.37. The number of hydrogen-bond donors (Lipinski definition) is 3. The Morgan fingerprint density at radius 1 is 1.12 bits per heavy atom. The monoisotopic (exact) mass is 381 g/mol. The Balaban J connectivity index is 1.74. The zero-order valence-electron chi connectivity index (χ0n) is 14.2. The fourth-order valence-corrected chi connectivity index (χ4v) is 2.88. The molecular formula is C17H20FN3O4S. The van der Waals surface area contributed by atoms with Gasteiger partial charge in [0, 0.05) is 12.6 Å². The first kappa shape index (κ1) is 19.7. The molecule has 2 rings (SSSR count). The van der Waals surface area contributed by atoms with Gasteiger partial charge in [-0.25, -0.2) is 22.3 Å². The maximum Gasteiger partial charge on any atom is 0.315 e. The number of nitrogens with one attached hydrogen (secondary N) is 3. The van der Waals surface area contributed by atoms with Gasteiger partial charge in [0.2, 0.25) is 10.0 Å². The molecular weight excluding hydrogens is 361 g/mol. The molecule has 0 spiro atoms. The summed E-state index contributed by atoms with van der Waals surface area (Å²) in [6, 6.07) is 11.6. The van der Waals surface area contributed by atoms with Crippen LogP contribution in [-0.2, 0) is 16.6 Å². The molecule has 0 fully saturated rings. The lowest BCUT2D eigenvalue weighted by atomic mass is 10.2. The number of carbonyl (C=O) groups is 1. The van der Waals surface area contributed by atoms with Crippen molar-refractivity contribution < 1.29 is 22.3 Å². The minimum absolute atomic E-state index is 0.128. The van der Waals surface area contributed by atoms with Crippen molar-refractivity contribution in [1.82, 2.24) is 15.4 Å². The van der Waals surface area contributed by atoms with Crippen LogP contribution in [0.3, 0.4) is 0 Å². The van der Waals surface area contributed by atoms with Crippen molar-refractivity contribution in [1.29, 1.82) is 0 Å². The standard InChI is InChI=1S/C17H20FN3O4S/c1-19-26(23,24)16-7-2-4-13(10-16)12-21-17(22)20-8-9-25-15-6-3-5-14(18)11-15/h2-7,10-11,19H,8-9,12H2,1H3,(H2,20,21,22). The van der Waals surface area contributed by atoms with Crippen LogP contribution in [-0.4, -0.2) is 34.6 Å². The van der Waals surface area contributed by atoms with Gasteiger partial charge in [0.15, 0.2) is 0 Å². The fraction of sp³-hybridized carbons (Fsp3) is 0.235. The van der Waals surface area contributed by atoms with Crippen LogP contribution in [0.5, 0.6) is 5.75 Å². The van der Waals surface area contributed by atoms with Crippen LogP contribution in [0.2, 0.25) is 0 Å². The molecule has 0 atom stereocenters. The highest BCUT2D eigenvalue weighted by Gasteiger charge is 2.11. The van der Waals surface area contributed by atoms with Crippen LogP contribution >= 0.6 is 0 Å². The van der Waals surface area contributed by atoms with Crippen molar-refractivity contribution in [2.24, 2.45) is 0 Å². The second-order valence-electron chi connectivity index (χ2n) is 5.27. The molecule has 2 aromatic rings. The Labute approximate surface area is 151 Å². The summed E-state index contributed by atoms with van der Waals surface area (Å²) < 4.78 is 44.0. The van der Waals surface area contributed by atoms with Gasteiger partial charge in [0.25, 0.3) is 0 Å². The van der Waals surface area contributed by atoms with Crippen LogP contribution in [0.1, 0.15) is 5.56 Å². The molecule has 0 aliphatic heterocycles. The summed E-state index contributed by atoms with van der Waals surface area (Å²) in [4.78, 5) is 11.9. The molecule has 0 aliphatic carbocycles. The molecule has 2 aromatic carbocycles. The zero-order chi connectivity index (χ0) is 19.0. The Hall–Kier alpha value is -2.65. The Kier molecular flexibility index (Phi) is 6.93. The maximum absolute atomic E-state index is 13.0. The highest BCUT2D eigenvalue weighted by molar-refractivity contribution is 7.89. The normalized spacial score (nSPS) is 11.0. The molecule has 0 aliphatic rings. The number of hydrogen-bond acceptors (Lipinski definition) is 4. The second kappa shape index (κ2) is 9.16. The summed E-state index contributed by atoms with van der Waals surface area (Å²) in [5.41, 5.74) is 0.646. The van der Waals surface area contributed by atoms with Crippen LogP contribution in [0.4, 0.5) is 9.18 Å². The van der Waals surface area contributed by atoms with Crippen molar-refractivity contribution in [3.05, 3.63) is 59.9 Å². The molecule has 9 heteroatoms. The van der Waals surface area contributed by atoms with Gasteiger partial charge in [0.05, 0.1) is 11.4 Å². The molecule has 140 valence electrons. The van der Waals surface area contributed by atoms with E-state index in [9.17, 15) is 17.6 Å². The van der Waals surface area contributed by atoms with E-state index in [0.717, 1.165) is 0 Å². The zero-order valence-corrected chi connectivity index (χ0v) is 15.0. The summed E-state index contributed by atoms with van der Waals surface area (Å²) in [5.74, 6) is -0.00881. The Morgan fingerprint density at radius 2 is 1.88 bits per heavy atom. The van der Waals surface area contributed by atoms with Crippen LogP contribution in [0, 0.1) is 5.82 Å². The number of halogens is 1. The van der Waals surface area contributed by atoms with E-state index in [4.69, 9.17) is 4.74 Å².